The van der Waals surface area contributed by atoms with E-state index in [-0.39, 0.29) is 23.5 Å². The normalized spacial score (nSPS) is 14.6. The van der Waals surface area contributed by atoms with Crippen molar-refractivity contribution >= 4 is 17.8 Å². The quantitative estimate of drug-likeness (QED) is 0.280. The van der Waals surface area contributed by atoms with Gasteiger partial charge in [0, 0.05) is 37.1 Å². The SMILES string of the molecule is CC(C)C(=N)OC(=N)c1c(F)cc(OCCCC2CCN(c3nc(C(C)C)no3)CC2)cc1F. The van der Waals surface area contributed by atoms with Gasteiger partial charge in [-0.2, -0.15) is 4.98 Å². The van der Waals surface area contributed by atoms with E-state index >= 15 is 0 Å². The first-order chi connectivity index (χ1) is 16.2. The number of benzene rings is 1. The van der Waals surface area contributed by atoms with Crippen molar-refractivity contribution in [1.29, 1.82) is 10.8 Å². The predicted molar refractivity (Wildman–Crippen MR) is 125 cm³/mol. The van der Waals surface area contributed by atoms with Crippen LogP contribution < -0.4 is 9.64 Å². The summed E-state index contributed by atoms with van der Waals surface area (Å²) in [7, 11) is 0. The second-order valence-corrected chi connectivity index (χ2v) is 9.22. The molecule has 1 aliphatic heterocycles. The average Bonchev–Trinajstić information content (AvgIpc) is 3.27. The zero-order valence-corrected chi connectivity index (χ0v) is 20.2. The molecule has 0 aliphatic carbocycles. The molecular formula is C24H33F2N5O3. The lowest BCUT2D eigenvalue weighted by molar-refractivity contribution is 0.274. The number of anilines is 1. The summed E-state index contributed by atoms with van der Waals surface area (Å²) in [5, 5.41) is 19.4. The number of nitrogens with one attached hydrogen (secondary N) is 2. The highest BCUT2D eigenvalue weighted by molar-refractivity contribution is 6.00. The summed E-state index contributed by atoms with van der Waals surface area (Å²) >= 11 is 0. The van der Waals surface area contributed by atoms with Crippen molar-refractivity contribution in [2.24, 2.45) is 11.8 Å². The van der Waals surface area contributed by atoms with Gasteiger partial charge in [0.25, 0.3) is 0 Å². The molecule has 1 fully saturated rings. The summed E-state index contributed by atoms with van der Waals surface area (Å²) in [6, 6.07) is 2.67. The molecule has 0 spiro atoms. The molecule has 2 aromatic rings. The third-order valence-electron chi connectivity index (χ3n) is 5.84. The fourth-order valence-corrected chi connectivity index (χ4v) is 3.69. The minimum absolute atomic E-state index is 0.0673. The number of hydrogen-bond donors (Lipinski definition) is 2. The molecule has 1 aromatic carbocycles. The van der Waals surface area contributed by atoms with Crippen LogP contribution in [0.1, 0.15) is 70.7 Å². The summed E-state index contributed by atoms with van der Waals surface area (Å²) in [6.45, 7) is 9.49. The zero-order chi connectivity index (χ0) is 24.8. The molecule has 0 unspecified atom stereocenters. The van der Waals surface area contributed by atoms with Crippen molar-refractivity contribution in [1.82, 2.24) is 10.1 Å². The Morgan fingerprint density at radius 1 is 1.15 bits per heavy atom. The molecule has 10 heteroatoms. The molecule has 0 amide bonds. The lowest BCUT2D eigenvalue weighted by atomic mass is 9.92. The highest BCUT2D eigenvalue weighted by Crippen LogP contribution is 2.27. The minimum Gasteiger partial charge on any atom is -0.493 e. The molecule has 0 radical (unpaired) electrons. The Balaban J connectivity index is 1.42. The van der Waals surface area contributed by atoms with E-state index in [4.69, 9.17) is 24.8 Å². The van der Waals surface area contributed by atoms with Gasteiger partial charge in [-0.1, -0.05) is 32.9 Å². The van der Waals surface area contributed by atoms with Crippen LogP contribution in [0.5, 0.6) is 5.75 Å². The van der Waals surface area contributed by atoms with E-state index in [1.807, 2.05) is 13.8 Å². The molecule has 186 valence electrons. The van der Waals surface area contributed by atoms with Gasteiger partial charge in [0.15, 0.2) is 11.7 Å². The molecule has 1 aliphatic rings. The van der Waals surface area contributed by atoms with Crippen molar-refractivity contribution in [3.63, 3.8) is 0 Å². The van der Waals surface area contributed by atoms with Crippen LogP contribution in [0.4, 0.5) is 14.8 Å². The van der Waals surface area contributed by atoms with Crippen molar-refractivity contribution in [3.8, 4) is 5.75 Å². The maximum Gasteiger partial charge on any atom is 0.324 e. The Morgan fingerprint density at radius 2 is 1.79 bits per heavy atom. The highest BCUT2D eigenvalue weighted by Gasteiger charge is 2.24. The lowest BCUT2D eigenvalue weighted by Crippen LogP contribution is -2.34. The van der Waals surface area contributed by atoms with Gasteiger partial charge in [-0.05, 0) is 31.6 Å². The molecule has 1 saturated heterocycles. The van der Waals surface area contributed by atoms with Crippen molar-refractivity contribution in [2.45, 2.75) is 59.3 Å². The van der Waals surface area contributed by atoms with E-state index in [1.54, 1.807) is 13.8 Å². The van der Waals surface area contributed by atoms with Crippen LogP contribution in [0.25, 0.3) is 0 Å². The van der Waals surface area contributed by atoms with E-state index in [1.165, 1.54) is 0 Å². The van der Waals surface area contributed by atoms with Crippen molar-refractivity contribution in [2.75, 3.05) is 24.6 Å². The van der Waals surface area contributed by atoms with E-state index < -0.39 is 23.1 Å². The topological polar surface area (TPSA) is 108 Å². The van der Waals surface area contributed by atoms with Crippen LogP contribution in [-0.4, -0.2) is 41.6 Å². The van der Waals surface area contributed by atoms with Crippen LogP contribution in [0.15, 0.2) is 16.7 Å². The summed E-state index contributed by atoms with van der Waals surface area (Å²) in [5.74, 6) is -1.61. The second kappa shape index (κ2) is 11.4. The molecule has 0 bridgehead atoms. The average molecular weight is 478 g/mol. The first-order valence-electron chi connectivity index (χ1n) is 11.7. The van der Waals surface area contributed by atoms with Crippen molar-refractivity contribution < 1.29 is 22.8 Å². The number of aromatic nitrogens is 2. The van der Waals surface area contributed by atoms with E-state index in [9.17, 15) is 8.78 Å². The Kier molecular flexibility index (Phi) is 8.57. The molecule has 2 heterocycles. The van der Waals surface area contributed by atoms with E-state index in [2.05, 4.69) is 15.0 Å². The van der Waals surface area contributed by atoms with Gasteiger partial charge in [0.1, 0.15) is 22.9 Å². The maximum absolute atomic E-state index is 14.4. The summed E-state index contributed by atoms with van der Waals surface area (Å²) < 4.78 is 44.7. The van der Waals surface area contributed by atoms with Gasteiger partial charge in [-0.3, -0.25) is 10.8 Å². The summed E-state index contributed by atoms with van der Waals surface area (Å²) in [6.07, 6.45) is 3.72. The van der Waals surface area contributed by atoms with Gasteiger partial charge in [0.2, 0.25) is 5.90 Å². The van der Waals surface area contributed by atoms with Gasteiger partial charge >= 0.3 is 6.01 Å². The van der Waals surface area contributed by atoms with Crippen LogP contribution in [-0.2, 0) is 4.74 Å². The predicted octanol–water partition coefficient (Wildman–Crippen LogP) is 5.52. The van der Waals surface area contributed by atoms with Gasteiger partial charge in [-0.15, -0.1) is 0 Å². The standard InChI is InChI=1S/C24H33F2N5O3/c1-14(2)21(27)33-22(28)20-18(25)12-17(13-19(20)26)32-11-5-6-16-7-9-31(10-8-16)24-29-23(15(3)4)30-34-24/h12-16,27-28H,5-11H2,1-4H3. The third kappa shape index (κ3) is 6.51. The third-order valence-corrected chi connectivity index (χ3v) is 5.84. The highest BCUT2D eigenvalue weighted by atomic mass is 19.1. The molecule has 1 aromatic heterocycles. The Morgan fingerprint density at radius 3 is 2.35 bits per heavy atom. The molecule has 3 rings (SSSR count). The van der Waals surface area contributed by atoms with Crippen molar-refractivity contribution in [3.05, 3.63) is 35.2 Å². The van der Waals surface area contributed by atoms with E-state index in [0.29, 0.717) is 18.5 Å². The fourth-order valence-electron chi connectivity index (χ4n) is 3.69. The Bertz CT molecular complexity index is 977. The minimum atomic E-state index is -0.953. The van der Waals surface area contributed by atoms with Crippen LogP contribution in [0, 0.1) is 34.3 Å². The number of halogens is 2. The van der Waals surface area contributed by atoms with E-state index in [0.717, 1.165) is 56.7 Å². The second-order valence-electron chi connectivity index (χ2n) is 9.22. The number of nitrogens with zero attached hydrogens (tertiary/aromatic N) is 3. The Labute approximate surface area is 198 Å². The fraction of sp³-hybridized carbons (Fsp3) is 0.583. The molecule has 0 saturated carbocycles. The Hall–Kier alpha value is -3.04. The largest absolute Gasteiger partial charge is 0.493 e. The van der Waals surface area contributed by atoms with Gasteiger partial charge in [-0.25, -0.2) is 8.78 Å². The van der Waals surface area contributed by atoms with Gasteiger partial charge in [0.05, 0.1) is 6.61 Å². The van der Waals surface area contributed by atoms with Crippen LogP contribution in [0.3, 0.4) is 0 Å². The first-order valence-corrected chi connectivity index (χ1v) is 11.7. The smallest absolute Gasteiger partial charge is 0.324 e. The summed E-state index contributed by atoms with van der Waals surface area (Å²) in [4.78, 5) is 6.57. The number of hydrogen-bond acceptors (Lipinski definition) is 8. The molecule has 8 nitrogen and oxygen atoms in total. The summed E-state index contributed by atoms with van der Waals surface area (Å²) in [5.41, 5.74) is -0.605. The van der Waals surface area contributed by atoms with Crippen LogP contribution in [0.2, 0.25) is 0 Å². The number of piperidine rings is 1. The monoisotopic (exact) mass is 477 g/mol. The number of rotatable bonds is 9. The van der Waals surface area contributed by atoms with Gasteiger partial charge < -0.3 is 18.9 Å². The van der Waals surface area contributed by atoms with Crippen LogP contribution >= 0.6 is 0 Å². The lowest BCUT2D eigenvalue weighted by Gasteiger charge is -2.30. The number of ether oxygens (including phenoxy) is 2. The maximum atomic E-state index is 14.4. The zero-order valence-electron chi connectivity index (χ0n) is 20.2. The molecule has 2 N–H and O–H groups in total. The molecule has 34 heavy (non-hydrogen) atoms. The molecular weight excluding hydrogens is 444 g/mol. The first kappa shape index (κ1) is 25.6. The molecule has 0 atom stereocenters.